The SMILES string of the molecule is NC(=O)c1c(F)ccc(O)c1F.[C-]#[N+]c1ccc(-c2csc(CBr)n2)cc1. The van der Waals surface area contributed by atoms with E-state index in [1.54, 1.807) is 11.3 Å². The van der Waals surface area contributed by atoms with Gasteiger partial charge in [-0.3, -0.25) is 4.79 Å². The number of amides is 1. The summed E-state index contributed by atoms with van der Waals surface area (Å²) in [6.45, 7) is 6.86. The molecule has 3 N–H and O–H groups in total. The lowest BCUT2D eigenvalue weighted by atomic mass is 10.1. The summed E-state index contributed by atoms with van der Waals surface area (Å²) in [7, 11) is 0. The van der Waals surface area contributed by atoms with Gasteiger partial charge in [-0.25, -0.2) is 18.6 Å². The smallest absolute Gasteiger partial charge is 0.254 e. The van der Waals surface area contributed by atoms with E-state index in [9.17, 15) is 13.6 Å². The van der Waals surface area contributed by atoms with Crippen LogP contribution in [0.15, 0.2) is 41.8 Å². The highest BCUT2D eigenvalue weighted by Gasteiger charge is 2.17. The number of phenols is 1. The van der Waals surface area contributed by atoms with Crippen molar-refractivity contribution >= 4 is 38.9 Å². The highest BCUT2D eigenvalue weighted by molar-refractivity contribution is 9.08. The van der Waals surface area contributed by atoms with Gasteiger partial charge in [0.1, 0.15) is 16.4 Å². The van der Waals surface area contributed by atoms with Crippen LogP contribution in [0.2, 0.25) is 0 Å². The Morgan fingerprint density at radius 2 is 1.93 bits per heavy atom. The number of primary amides is 1. The molecule has 0 saturated heterocycles. The quantitative estimate of drug-likeness (QED) is 0.433. The van der Waals surface area contributed by atoms with Gasteiger partial charge in [0.2, 0.25) is 0 Å². The Bertz CT molecular complexity index is 1000. The summed E-state index contributed by atoms with van der Waals surface area (Å²) >= 11 is 5.01. The first-order valence-electron chi connectivity index (χ1n) is 7.32. The predicted molar refractivity (Wildman–Crippen MR) is 103 cm³/mol. The van der Waals surface area contributed by atoms with Crippen molar-refractivity contribution in [2.45, 2.75) is 5.33 Å². The van der Waals surface area contributed by atoms with Crippen LogP contribution in [0.4, 0.5) is 14.5 Å². The number of aromatic nitrogens is 1. The summed E-state index contributed by atoms with van der Waals surface area (Å²) < 4.78 is 25.4. The summed E-state index contributed by atoms with van der Waals surface area (Å²) in [5.41, 5.74) is 6.43. The molecule has 9 heteroatoms. The molecular formula is C18H12BrF2N3O2S. The van der Waals surface area contributed by atoms with E-state index in [1.165, 1.54) is 0 Å². The fraction of sp³-hybridized carbons (Fsp3) is 0.0556. The van der Waals surface area contributed by atoms with Crippen molar-refractivity contribution in [1.29, 1.82) is 0 Å². The maximum Gasteiger partial charge on any atom is 0.254 e. The Morgan fingerprint density at radius 1 is 1.26 bits per heavy atom. The molecule has 5 nitrogen and oxygen atoms in total. The third kappa shape index (κ3) is 5.09. The number of thiazole rings is 1. The molecule has 0 unspecified atom stereocenters. The Morgan fingerprint density at radius 3 is 2.41 bits per heavy atom. The number of carbonyl (C=O) groups excluding carboxylic acids is 1. The van der Waals surface area contributed by atoms with Crippen LogP contribution in [0.5, 0.6) is 5.75 Å². The highest BCUT2D eigenvalue weighted by Crippen LogP contribution is 2.25. The largest absolute Gasteiger partial charge is 0.505 e. The van der Waals surface area contributed by atoms with Crippen molar-refractivity contribution in [3.05, 3.63) is 75.4 Å². The summed E-state index contributed by atoms with van der Waals surface area (Å²) in [5, 5.41) is 12.6. The molecule has 0 spiro atoms. The lowest BCUT2D eigenvalue weighted by Gasteiger charge is -2.00. The number of nitrogens with two attached hydrogens (primary N) is 1. The minimum atomic E-state index is -1.33. The van der Waals surface area contributed by atoms with Crippen molar-refractivity contribution in [2.75, 3.05) is 0 Å². The number of aromatic hydroxyl groups is 1. The van der Waals surface area contributed by atoms with Crippen LogP contribution in [0.3, 0.4) is 0 Å². The second-order valence-corrected chi connectivity index (χ2v) is 6.54. The van der Waals surface area contributed by atoms with E-state index in [0.717, 1.165) is 33.7 Å². The van der Waals surface area contributed by atoms with E-state index in [0.29, 0.717) is 5.69 Å². The molecule has 0 radical (unpaired) electrons. The van der Waals surface area contributed by atoms with Gasteiger partial charge in [0.25, 0.3) is 5.91 Å². The topological polar surface area (TPSA) is 80.6 Å². The zero-order chi connectivity index (χ0) is 20.0. The van der Waals surface area contributed by atoms with E-state index in [2.05, 4.69) is 31.5 Å². The Labute approximate surface area is 166 Å². The first-order valence-corrected chi connectivity index (χ1v) is 9.32. The standard InChI is InChI=1S/C11H7BrN2S.C7H5F2NO2/c1-13-9-4-2-8(3-5-9)10-7-15-11(6-12)14-10;8-3-1-2-4(11)6(9)5(3)7(10)12/h2-5,7H,6H2;1-2,11H,(H2,10,12). The lowest BCUT2D eigenvalue weighted by Crippen LogP contribution is -2.15. The number of phenolic OH excluding ortho intramolecular Hbond substituents is 1. The summed E-state index contributed by atoms with van der Waals surface area (Å²) in [6, 6.07) is 9.06. The first-order chi connectivity index (χ1) is 12.9. The summed E-state index contributed by atoms with van der Waals surface area (Å²) in [4.78, 5) is 18.2. The Balaban J connectivity index is 0.000000199. The second kappa shape index (κ2) is 9.21. The zero-order valence-electron chi connectivity index (χ0n) is 13.6. The molecule has 1 amide bonds. The number of carbonyl (C=O) groups is 1. The lowest BCUT2D eigenvalue weighted by molar-refractivity contribution is 0.0991. The molecular weight excluding hydrogens is 440 g/mol. The van der Waals surface area contributed by atoms with Gasteiger partial charge >= 0.3 is 0 Å². The predicted octanol–water partition coefficient (Wildman–Crippen LogP) is 5.03. The van der Waals surface area contributed by atoms with Crippen LogP contribution in [0.1, 0.15) is 15.4 Å². The van der Waals surface area contributed by atoms with Crippen LogP contribution < -0.4 is 5.73 Å². The van der Waals surface area contributed by atoms with Crippen molar-refractivity contribution < 1.29 is 18.7 Å². The van der Waals surface area contributed by atoms with Crippen molar-refractivity contribution in [1.82, 2.24) is 4.98 Å². The third-order valence-electron chi connectivity index (χ3n) is 3.28. The normalized spacial score (nSPS) is 9.85. The molecule has 2 aromatic carbocycles. The number of benzene rings is 2. The molecule has 0 aliphatic heterocycles. The fourth-order valence-electron chi connectivity index (χ4n) is 1.98. The van der Waals surface area contributed by atoms with E-state index in [-0.39, 0.29) is 0 Å². The van der Waals surface area contributed by atoms with E-state index < -0.39 is 28.9 Å². The molecule has 27 heavy (non-hydrogen) atoms. The fourth-order valence-corrected chi connectivity index (χ4v) is 3.15. The molecule has 1 aromatic heterocycles. The van der Waals surface area contributed by atoms with Gasteiger partial charge in [0.05, 0.1) is 17.6 Å². The molecule has 3 aromatic rings. The van der Waals surface area contributed by atoms with Gasteiger partial charge < -0.3 is 10.8 Å². The molecule has 0 fully saturated rings. The van der Waals surface area contributed by atoms with Crippen LogP contribution >= 0.6 is 27.3 Å². The highest BCUT2D eigenvalue weighted by atomic mass is 79.9. The van der Waals surface area contributed by atoms with E-state index in [4.69, 9.17) is 11.7 Å². The van der Waals surface area contributed by atoms with Crippen molar-refractivity contribution in [3.63, 3.8) is 0 Å². The van der Waals surface area contributed by atoms with E-state index in [1.807, 2.05) is 29.6 Å². The molecule has 3 rings (SSSR count). The number of halogens is 3. The van der Waals surface area contributed by atoms with Gasteiger partial charge in [-0.05, 0) is 17.7 Å². The average Bonchev–Trinajstić information content (AvgIpc) is 3.15. The minimum Gasteiger partial charge on any atom is -0.505 e. The molecule has 1 heterocycles. The number of hydrogen-bond donors (Lipinski definition) is 2. The number of nitrogens with zero attached hydrogens (tertiary/aromatic N) is 2. The Kier molecular flexibility index (Phi) is 6.98. The van der Waals surface area contributed by atoms with Gasteiger partial charge in [0, 0.05) is 5.38 Å². The van der Waals surface area contributed by atoms with Gasteiger partial charge in [-0.1, -0.05) is 40.2 Å². The first kappa shape index (κ1) is 20.5. The number of hydrogen-bond acceptors (Lipinski definition) is 4. The maximum atomic E-state index is 12.7. The molecule has 0 saturated carbocycles. The summed E-state index contributed by atoms with van der Waals surface area (Å²) in [5.74, 6) is -4.47. The third-order valence-corrected chi connectivity index (χ3v) is 5.03. The van der Waals surface area contributed by atoms with E-state index >= 15 is 0 Å². The monoisotopic (exact) mass is 451 g/mol. The average molecular weight is 452 g/mol. The molecule has 0 atom stereocenters. The van der Waals surface area contributed by atoms with Crippen LogP contribution in [-0.2, 0) is 5.33 Å². The Hall–Kier alpha value is -2.83. The summed E-state index contributed by atoms with van der Waals surface area (Å²) in [6.07, 6.45) is 0. The van der Waals surface area contributed by atoms with Crippen molar-refractivity contribution in [3.8, 4) is 17.0 Å². The number of alkyl halides is 1. The maximum absolute atomic E-state index is 12.7. The van der Waals surface area contributed by atoms with Crippen molar-refractivity contribution in [2.24, 2.45) is 5.73 Å². The molecule has 138 valence electrons. The number of rotatable bonds is 3. The van der Waals surface area contributed by atoms with Gasteiger partial charge in [-0.2, -0.15) is 0 Å². The molecule has 0 aliphatic rings. The van der Waals surface area contributed by atoms with Crippen LogP contribution in [0, 0.1) is 18.2 Å². The van der Waals surface area contributed by atoms with Gasteiger partial charge in [-0.15, -0.1) is 11.3 Å². The zero-order valence-corrected chi connectivity index (χ0v) is 16.0. The molecule has 0 bridgehead atoms. The van der Waals surface area contributed by atoms with Gasteiger partial charge in [0.15, 0.2) is 17.3 Å². The minimum absolute atomic E-state index is 0.662. The van der Waals surface area contributed by atoms with Crippen LogP contribution in [0.25, 0.3) is 16.1 Å². The molecule has 0 aliphatic carbocycles. The van der Waals surface area contributed by atoms with Crippen LogP contribution in [-0.4, -0.2) is 16.0 Å². The second-order valence-electron chi connectivity index (χ2n) is 5.04.